The highest BCUT2D eigenvalue weighted by Gasteiger charge is 2.20. The number of hydrogen-bond donors (Lipinski definition) is 1. The Morgan fingerprint density at radius 2 is 2.44 bits per heavy atom. The molecule has 1 aliphatic rings. The van der Waals surface area contributed by atoms with Gasteiger partial charge in [-0.3, -0.25) is 9.10 Å². The molecule has 1 rings (SSSR count). The molecule has 1 fully saturated rings. The highest BCUT2D eigenvalue weighted by Crippen LogP contribution is 2.21. The molecule has 0 saturated heterocycles. The molecule has 4 heteroatoms. The number of nitrogens with zero attached hydrogens (tertiary/aromatic N) is 1. The molecule has 9 heavy (non-hydrogen) atoms. The molecule has 0 bridgehead atoms. The van der Waals surface area contributed by atoms with Gasteiger partial charge in [0.05, 0.1) is 0 Å². The van der Waals surface area contributed by atoms with Gasteiger partial charge in [0, 0.05) is 25.2 Å². The maximum Gasteiger partial charge on any atom is 0.220 e. The lowest BCUT2D eigenvalue weighted by atomic mass is 10.8. The largest absolute Gasteiger partial charge is 0.279 e. The Morgan fingerprint density at radius 3 is 2.89 bits per heavy atom. The van der Waals surface area contributed by atoms with Crippen molar-refractivity contribution in [3.05, 3.63) is 0 Å². The average Bonchev–Trinajstić information content (AvgIpc) is 2.65. The van der Waals surface area contributed by atoms with E-state index in [0.717, 1.165) is 6.41 Å². The molecule has 1 aliphatic carbocycles. The van der Waals surface area contributed by atoms with E-state index in [1.165, 1.54) is 29.3 Å². The van der Waals surface area contributed by atoms with E-state index in [1.54, 1.807) is 7.05 Å². The lowest BCUT2D eigenvalue weighted by Gasteiger charge is -2.07. The van der Waals surface area contributed by atoms with E-state index in [2.05, 4.69) is 4.72 Å². The first-order valence-electron chi connectivity index (χ1n) is 2.93. The van der Waals surface area contributed by atoms with Gasteiger partial charge in [-0.2, -0.15) is 0 Å². The fourth-order valence-electron chi connectivity index (χ4n) is 0.380. The average molecular weight is 146 g/mol. The van der Waals surface area contributed by atoms with Crippen LogP contribution < -0.4 is 4.72 Å². The third-order valence-corrected chi connectivity index (χ3v) is 1.90. The first-order chi connectivity index (χ1) is 4.33. The predicted molar refractivity (Wildman–Crippen MR) is 37.6 cm³/mol. The summed E-state index contributed by atoms with van der Waals surface area (Å²) < 4.78 is 4.63. The van der Waals surface area contributed by atoms with Crippen LogP contribution in [0.2, 0.25) is 0 Å². The summed E-state index contributed by atoms with van der Waals surface area (Å²) in [7, 11) is 1.73. The van der Waals surface area contributed by atoms with E-state index >= 15 is 0 Å². The van der Waals surface area contributed by atoms with Crippen LogP contribution in [-0.4, -0.2) is 23.8 Å². The molecular formula is C5H10N2OS. The monoisotopic (exact) mass is 146 g/mol. The van der Waals surface area contributed by atoms with Crippen molar-refractivity contribution >= 4 is 18.5 Å². The minimum absolute atomic E-state index is 0.650. The normalized spacial score (nSPS) is 17.4. The zero-order valence-corrected chi connectivity index (χ0v) is 6.15. The van der Waals surface area contributed by atoms with Gasteiger partial charge in [0.1, 0.15) is 0 Å². The van der Waals surface area contributed by atoms with Crippen LogP contribution >= 0.6 is 12.1 Å². The molecule has 0 unspecified atom stereocenters. The van der Waals surface area contributed by atoms with Crippen molar-refractivity contribution in [2.45, 2.75) is 18.9 Å². The van der Waals surface area contributed by atoms with Crippen LogP contribution in [0.4, 0.5) is 0 Å². The van der Waals surface area contributed by atoms with Gasteiger partial charge in [0.15, 0.2) is 0 Å². The predicted octanol–water partition coefficient (Wildman–Crippen LogP) is 0.390. The quantitative estimate of drug-likeness (QED) is 0.460. The van der Waals surface area contributed by atoms with Gasteiger partial charge in [-0.25, -0.2) is 4.72 Å². The summed E-state index contributed by atoms with van der Waals surface area (Å²) in [6.07, 6.45) is 3.29. The second-order valence-electron chi connectivity index (χ2n) is 2.14. The number of carbonyl (C=O) groups is 1. The van der Waals surface area contributed by atoms with E-state index < -0.39 is 0 Å². The van der Waals surface area contributed by atoms with Gasteiger partial charge in [-0.15, -0.1) is 0 Å². The Hall–Kier alpha value is -0.220. The zero-order valence-electron chi connectivity index (χ0n) is 5.33. The van der Waals surface area contributed by atoms with Crippen molar-refractivity contribution in [1.29, 1.82) is 0 Å². The SMILES string of the molecule is CN(C=O)SNC1CC1. The lowest BCUT2D eigenvalue weighted by Crippen LogP contribution is -2.16. The third kappa shape index (κ3) is 2.72. The number of hydrogen-bond acceptors (Lipinski definition) is 3. The molecule has 0 heterocycles. The van der Waals surface area contributed by atoms with Crippen LogP contribution in [0.25, 0.3) is 0 Å². The summed E-state index contributed by atoms with van der Waals surface area (Å²) in [6, 6.07) is 0.650. The third-order valence-electron chi connectivity index (χ3n) is 1.09. The first kappa shape index (κ1) is 6.89. The summed E-state index contributed by atoms with van der Waals surface area (Å²) in [5.74, 6) is 0. The van der Waals surface area contributed by atoms with E-state index in [1.807, 2.05) is 0 Å². The van der Waals surface area contributed by atoms with E-state index in [9.17, 15) is 4.79 Å². The van der Waals surface area contributed by atoms with E-state index in [-0.39, 0.29) is 0 Å². The molecule has 0 radical (unpaired) electrons. The van der Waals surface area contributed by atoms with Crippen LogP contribution in [0.3, 0.4) is 0 Å². The van der Waals surface area contributed by atoms with Crippen LogP contribution in [0.5, 0.6) is 0 Å². The summed E-state index contributed by atoms with van der Waals surface area (Å²) in [5, 5.41) is 0. The highest BCUT2D eigenvalue weighted by molar-refractivity contribution is 7.95. The number of rotatable bonds is 4. The maximum absolute atomic E-state index is 10.0. The highest BCUT2D eigenvalue weighted by atomic mass is 32.2. The van der Waals surface area contributed by atoms with Gasteiger partial charge < -0.3 is 0 Å². The molecule has 1 saturated carbocycles. The lowest BCUT2D eigenvalue weighted by molar-refractivity contribution is -0.113. The standard InChI is InChI=1S/C5H10N2OS/c1-7(4-8)9-6-5-2-3-5/h4-6H,2-3H2,1H3. The smallest absolute Gasteiger partial charge is 0.220 e. The van der Waals surface area contributed by atoms with Crippen molar-refractivity contribution in [2.75, 3.05) is 7.05 Å². The molecule has 3 nitrogen and oxygen atoms in total. The minimum Gasteiger partial charge on any atom is -0.279 e. The van der Waals surface area contributed by atoms with Crippen molar-refractivity contribution in [2.24, 2.45) is 0 Å². The van der Waals surface area contributed by atoms with Gasteiger partial charge in [0.2, 0.25) is 6.41 Å². The zero-order chi connectivity index (χ0) is 6.69. The Morgan fingerprint density at radius 1 is 1.78 bits per heavy atom. The molecule has 52 valence electrons. The Balaban J connectivity index is 1.95. The van der Waals surface area contributed by atoms with Crippen LogP contribution in [0.15, 0.2) is 0 Å². The molecule has 0 atom stereocenters. The maximum atomic E-state index is 10.0. The topological polar surface area (TPSA) is 32.3 Å². The molecule has 0 aromatic carbocycles. The molecular weight excluding hydrogens is 136 g/mol. The molecule has 0 spiro atoms. The second kappa shape index (κ2) is 3.08. The summed E-state index contributed by atoms with van der Waals surface area (Å²) >= 11 is 1.36. The number of amides is 1. The molecule has 0 aromatic rings. The fourth-order valence-corrected chi connectivity index (χ4v) is 0.974. The van der Waals surface area contributed by atoms with E-state index in [0.29, 0.717) is 6.04 Å². The Kier molecular flexibility index (Phi) is 2.36. The Bertz CT molecular complexity index is 105. The molecule has 0 aliphatic heterocycles. The van der Waals surface area contributed by atoms with Crippen LogP contribution in [0.1, 0.15) is 12.8 Å². The molecule has 1 amide bonds. The van der Waals surface area contributed by atoms with Crippen molar-refractivity contribution in [3.8, 4) is 0 Å². The van der Waals surface area contributed by atoms with Gasteiger partial charge in [0.25, 0.3) is 0 Å². The van der Waals surface area contributed by atoms with Crippen LogP contribution in [0, 0.1) is 0 Å². The number of nitrogens with one attached hydrogen (secondary N) is 1. The van der Waals surface area contributed by atoms with Crippen LogP contribution in [-0.2, 0) is 4.79 Å². The van der Waals surface area contributed by atoms with Gasteiger partial charge in [-0.05, 0) is 12.8 Å². The minimum atomic E-state index is 0.650. The summed E-state index contributed by atoms with van der Waals surface area (Å²) in [4.78, 5) is 10.0. The summed E-state index contributed by atoms with van der Waals surface area (Å²) in [6.45, 7) is 0. The van der Waals surface area contributed by atoms with Gasteiger partial charge >= 0.3 is 0 Å². The van der Waals surface area contributed by atoms with Crippen molar-refractivity contribution in [1.82, 2.24) is 9.03 Å². The second-order valence-corrected chi connectivity index (χ2v) is 3.13. The number of carbonyl (C=O) groups excluding carboxylic acids is 1. The van der Waals surface area contributed by atoms with Crippen molar-refractivity contribution < 1.29 is 4.79 Å². The molecule has 1 N–H and O–H groups in total. The van der Waals surface area contributed by atoms with Crippen molar-refractivity contribution in [3.63, 3.8) is 0 Å². The fraction of sp³-hybridized carbons (Fsp3) is 0.800. The summed E-state index contributed by atoms with van der Waals surface area (Å²) in [5.41, 5.74) is 0. The Labute approximate surface area is 59.1 Å². The van der Waals surface area contributed by atoms with E-state index in [4.69, 9.17) is 0 Å². The first-order valence-corrected chi connectivity index (χ1v) is 3.71. The van der Waals surface area contributed by atoms with Gasteiger partial charge in [-0.1, -0.05) is 0 Å². The molecule has 0 aromatic heterocycles.